The Morgan fingerprint density at radius 2 is 0.698 bits per heavy atom. The Balaban J connectivity index is 5.00. The van der Waals surface area contributed by atoms with Gasteiger partial charge < -0.3 is 27.5 Å². The fraction of sp³-hybridized carbons (Fsp3) is 0.727. The first-order chi connectivity index (χ1) is 20.7. The average Bonchev–Trinajstić information content (AvgIpc) is 2.97. The second kappa shape index (κ2) is 25.7. The predicted octanol–water partition coefficient (Wildman–Crippen LogP) is 8.47. The molecule has 43 heavy (non-hydrogen) atoms. The third-order valence-corrected chi connectivity index (χ3v) is 9.17. The number of hydrogen-bond donors (Lipinski definition) is 0. The zero-order chi connectivity index (χ0) is 32.3. The van der Waals surface area contributed by atoms with E-state index in [9.17, 15) is 14.4 Å². The molecule has 0 fully saturated rings. The molecule has 9 nitrogen and oxygen atoms in total. The van der Waals surface area contributed by atoms with Gasteiger partial charge in [-0.1, -0.05) is 103 Å². The summed E-state index contributed by atoms with van der Waals surface area (Å²) in [4.78, 5) is 38.3. The topological polar surface area (TPSA) is 107 Å². The second-order valence-electron chi connectivity index (χ2n) is 10.5. The molecule has 0 aromatic carbocycles. The van der Waals surface area contributed by atoms with Gasteiger partial charge in [0, 0.05) is 0 Å². The van der Waals surface area contributed by atoms with Crippen LogP contribution < -0.4 is 0 Å². The first kappa shape index (κ1) is 40.2. The third kappa shape index (κ3) is 19.9. The van der Waals surface area contributed by atoms with Gasteiger partial charge in [-0.25, -0.2) is 14.4 Å². The van der Waals surface area contributed by atoms with Crippen molar-refractivity contribution >= 4 is 26.7 Å². The van der Waals surface area contributed by atoms with Crippen LogP contribution in [0.5, 0.6) is 0 Å². The number of carbonyl (C=O) groups excluding carboxylic acids is 3. The predicted molar refractivity (Wildman–Crippen MR) is 171 cm³/mol. The van der Waals surface area contributed by atoms with Crippen LogP contribution in [0.2, 0.25) is 6.04 Å². The van der Waals surface area contributed by atoms with Crippen molar-refractivity contribution in [3.63, 3.8) is 0 Å². The molecule has 0 N–H and O–H groups in total. The van der Waals surface area contributed by atoms with Gasteiger partial charge in [-0.2, -0.15) is 0 Å². The van der Waals surface area contributed by atoms with E-state index < -0.39 is 26.7 Å². The summed E-state index contributed by atoms with van der Waals surface area (Å²) in [6, 6.07) is 0.00682. The van der Waals surface area contributed by atoms with Gasteiger partial charge in [0.15, 0.2) is 17.3 Å². The highest BCUT2D eigenvalue weighted by atomic mass is 28.4. The molecule has 0 amide bonds. The standard InChI is InChI=1S/C33H58O9Si/c1-8-12-13-14-15-16-17-18-19-20-21-22-23-24-25-26-27-43(40-31(34)28(5)37-9-2,41-32(35)29(6)38-10-3)42-33(36)30(7)39-11-4/h5-27H2,1-4H3. The average molecular weight is 627 g/mol. The van der Waals surface area contributed by atoms with Gasteiger partial charge in [0.25, 0.3) is 0 Å². The molecule has 0 saturated heterocycles. The number of unbranched alkanes of at least 4 members (excludes halogenated alkanes) is 15. The van der Waals surface area contributed by atoms with Crippen LogP contribution in [0.4, 0.5) is 0 Å². The summed E-state index contributed by atoms with van der Waals surface area (Å²) in [5.41, 5.74) is 0. The molecule has 0 aromatic heterocycles. The molecule has 0 saturated carbocycles. The Hall–Kier alpha value is -2.75. The Kier molecular flexibility index (Phi) is 24.1. The second-order valence-corrected chi connectivity index (χ2v) is 13.0. The summed E-state index contributed by atoms with van der Waals surface area (Å²) in [5, 5.41) is 0. The first-order valence-corrected chi connectivity index (χ1v) is 18.2. The van der Waals surface area contributed by atoms with Crippen molar-refractivity contribution in [2.24, 2.45) is 0 Å². The number of carbonyl (C=O) groups is 3. The summed E-state index contributed by atoms with van der Waals surface area (Å²) in [6.45, 7) is 18.5. The number of rotatable bonds is 29. The van der Waals surface area contributed by atoms with Gasteiger partial charge in [-0.3, -0.25) is 0 Å². The van der Waals surface area contributed by atoms with Gasteiger partial charge in [-0.05, 0) is 46.9 Å². The van der Waals surface area contributed by atoms with Crippen LogP contribution in [-0.4, -0.2) is 46.5 Å². The van der Waals surface area contributed by atoms with Crippen molar-refractivity contribution in [2.75, 3.05) is 19.8 Å². The maximum Gasteiger partial charge on any atom is 0.706 e. The third-order valence-electron chi connectivity index (χ3n) is 6.72. The van der Waals surface area contributed by atoms with Crippen LogP contribution >= 0.6 is 0 Å². The summed E-state index contributed by atoms with van der Waals surface area (Å²) in [5.74, 6) is -3.87. The fourth-order valence-electron chi connectivity index (χ4n) is 4.40. The molecule has 0 unspecified atom stereocenters. The molecule has 0 rings (SSSR count). The zero-order valence-electron chi connectivity index (χ0n) is 27.4. The summed E-state index contributed by atoms with van der Waals surface area (Å²) in [6.07, 6.45) is 18.9. The van der Waals surface area contributed by atoms with Gasteiger partial charge in [0.1, 0.15) is 0 Å². The molecule has 0 aliphatic rings. The molecule has 0 heterocycles. The Morgan fingerprint density at radius 3 is 0.953 bits per heavy atom. The van der Waals surface area contributed by atoms with E-state index in [1.54, 1.807) is 20.8 Å². The molecule has 10 heteroatoms. The van der Waals surface area contributed by atoms with E-state index in [-0.39, 0.29) is 43.1 Å². The highest BCUT2D eigenvalue weighted by Gasteiger charge is 2.54. The number of hydrogen-bond acceptors (Lipinski definition) is 9. The van der Waals surface area contributed by atoms with E-state index in [1.165, 1.54) is 70.6 Å². The van der Waals surface area contributed by atoms with Gasteiger partial charge in [0.2, 0.25) is 0 Å². The minimum absolute atomic E-state index is 0.00682. The fourth-order valence-corrected chi connectivity index (χ4v) is 6.70. The zero-order valence-corrected chi connectivity index (χ0v) is 28.4. The minimum Gasteiger partial charge on any atom is -0.487 e. The molecule has 0 atom stereocenters. The lowest BCUT2D eigenvalue weighted by molar-refractivity contribution is -0.150. The summed E-state index contributed by atoms with van der Waals surface area (Å²) >= 11 is 0. The molecule has 0 bridgehead atoms. The van der Waals surface area contributed by atoms with Crippen molar-refractivity contribution in [1.82, 2.24) is 0 Å². The van der Waals surface area contributed by atoms with E-state index in [0.29, 0.717) is 6.42 Å². The monoisotopic (exact) mass is 626 g/mol. The lowest BCUT2D eigenvalue weighted by Gasteiger charge is -2.28. The molecule has 0 aliphatic heterocycles. The van der Waals surface area contributed by atoms with Crippen LogP contribution in [0.1, 0.15) is 130 Å². The minimum atomic E-state index is -4.34. The molecule has 0 aromatic rings. The van der Waals surface area contributed by atoms with Crippen LogP contribution in [0.3, 0.4) is 0 Å². The SMILES string of the molecule is C=C(OCC)C(=O)O[Si](CCCCCCCCCCCCCCCCCC)(OC(=O)C(=C)OCC)OC(=O)C(=C)OCC. The smallest absolute Gasteiger partial charge is 0.487 e. The van der Waals surface area contributed by atoms with E-state index in [4.69, 9.17) is 27.5 Å². The summed E-state index contributed by atoms with van der Waals surface area (Å²) < 4.78 is 32.2. The highest BCUT2D eigenvalue weighted by Crippen LogP contribution is 2.25. The molecule has 0 aliphatic carbocycles. The van der Waals surface area contributed by atoms with E-state index in [0.717, 1.165) is 25.7 Å². The van der Waals surface area contributed by atoms with Crippen LogP contribution in [0, 0.1) is 0 Å². The Morgan fingerprint density at radius 1 is 0.442 bits per heavy atom. The molecular formula is C33H58O9Si. The van der Waals surface area contributed by atoms with E-state index >= 15 is 0 Å². The van der Waals surface area contributed by atoms with Crippen LogP contribution in [0.25, 0.3) is 0 Å². The molecule has 0 spiro atoms. The Bertz CT molecular complexity index is 761. The van der Waals surface area contributed by atoms with Gasteiger partial charge >= 0.3 is 26.7 Å². The van der Waals surface area contributed by atoms with Crippen molar-refractivity contribution in [3.05, 3.63) is 37.0 Å². The molecular weight excluding hydrogens is 568 g/mol. The first-order valence-electron chi connectivity index (χ1n) is 16.3. The maximum absolute atomic E-state index is 12.8. The lowest BCUT2D eigenvalue weighted by Crippen LogP contribution is -2.51. The van der Waals surface area contributed by atoms with Crippen LogP contribution in [0.15, 0.2) is 37.0 Å². The highest BCUT2D eigenvalue weighted by molar-refractivity contribution is 6.66. The maximum atomic E-state index is 12.8. The van der Waals surface area contributed by atoms with Gasteiger partial charge in [0.05, 0.1) is 25.9 Å². The quantitative estimate of drug-likeness (QED) is 0.0350. The largest absolute Gasteiger partial charge is 0.706 e. The normalized spacial score (nSPS) is 10.9. The van der Waals surface area contributed by atoms with Crippen molar-refractivity contribution in [1.29, 1.82) is 0 Å². The van der Waals surface area contributed by atoms with Gasteiger partial charge in [-0.15, -0.1) is 0 Å². The summed E-state index contributed by atoms with van der Waals surface area (Å²) in [7, 11) is -4.34. The van der Waals surface area contributed by atoms with Crippen molar-refractivity contribution in [2.45, 2.75) is 136 Å². The van der Waals surface area contributed by atoms with E-state index in [1.807, 2.05) is 0 Å². The Labute approximate surface area is 261 Å². The van der Waals surface area contributed by atoms with E-state index in [2.05, 4.69) is 26.7 Å². The molecule has 248 valence electrons. The lowest BCUT2D eigenvalue weighted by atomic mass is 10.0. The molecule has 0 radical (unpaired) electrons. The number of ether oxygens (including phenoxy) is 3. The van der Waals surface area contributed by atoms with Crippen LogP contribution in [-0.2, 0) is 41.9 Å². The van der Waals surface area contributed by atoms with Crippen molar-refractivity contribution in [3.8, 4) is 0 Å². The van der Waals surface area contributed by atoms with Crippen molar-refractivity contribution < 1.29 is 41.9 Å².